The monoisotopic (exact) mass is 335 g/mol. The Morgan fingerprint density at radius 3 is 2.45 bits per heavy atom. The van der Waals surface area contributed by atoms with Crippen molar-refractivity contribution in [1.29, 1.82) is 0 Å². The maximum absolute atomic E-state index is 13.1. The van der Waals surface area contributed by atoms with Crippen molar-refractivity contribution in [1.82, 2.24) is 5.32 Å². The molecule has 0 fully saturated rings. The van der Waals surface area contributed by atoms with E-state index in [9.17, 15) is 4.39 Å². The number of halogens is 2. The van der Waals surface area contributed by atoms with Gasteiger partial charge in [0, 0.05) is 16.9 Å². The van der Waals surface area contributed by atoms with Crippen LogP contribution in [0.4, 0.5) is 4.39 Å². The largest absolute Gasteiger partial charge is 0.316 e. The lowest BCUT2D eigenvalue weighted by Crippen LogP contribution is -2.22. The predicted octanol–water partition coefficient (Wildman–Crippen LogP) is 4.52. The van der Waals surface area contributed by atoms with E-state index in [0.29, 0.717) is 5.92 Å². The molecule has 0 bridgehead atoms. The Morgan fingerprint density at radius 1 is 1.10 bits per heavy atom. The number of rotatable bonds is 6. The third-order valence-corrected chi connectivity index (χ3v) is 4.18. The van der Waals surface area contributed by atoms with E-state index in [1.54, 1.807) is 0 Å². The van der Waals surface area contributed by atoms with Crippen LogP contribution in [0.1, 0.15) is 24.0 Å². The number of hydrogen-bond acceptors (Lipinski definition) is 1. The molecule has 0 heterocycles. The molecule has 1 nitrogen and oxygen atoms in total. The van der Waals surface area contributed by atoms with E-state index in [4.69, 9.17) is 0 Å². The quantitative estimate of drug-likeness (QED) is 0.818. The molecular formula is C17H19BrFN. The van der Waals surface area contributed by atoms with Crippen LogP contribution in [0.2, 0.25) is 0 Å². The zero-order valence-electron chi connectivity index (χ0n) is 11.6. The van der Waals surface area contributed by atoms with E-state index in [1.165, 1.54) is 23.3 Å². The highest BCUT2D eigenvalue weighted by Gasteiger charge is 2.13. The molecule has 0 spiro atoms. The molecule has 0 aliphatic carbocycles. The van der Waals surface area contributed by atoms with Gasteiger partial charge in [-0.05, 0) is 42.3 Å². The fourth-order valence-corrected chi connectivity index (χ4v) is 2.74. The highest BCUT2D eigenvalue weighted by Crippen LogP contribution is 2.25. The summed E-state index contributed by atoms with van der Waals surface area (Å²) in [5.41, 5.74) is 2.45. The van der Waals surface area contributed by atoms with E-state index >= 15 is 0 Å². The first-order chi connectivity index (χ1) is 9.70. The lowest BCUT2D eigenvalue weighted by molar-refractivity contribution is 0.589. The summed E-state index contributed by atoms with van der Waals surface area (Å²) >= 11 is 3.60. The second-order valence-corrected chi connectivity index (χ2v) is 5.71. The minimum Gasteiger partial charge on any atom is -0.316 e. The van der Waals surface area contributed by atoms with Crippen molar-refractivity contribution in [3.05, 3.63) is 69.9 Å². The number of likely N-dealkylation sites (N-methyl/N-ethyl adjacent to an activating group) is 1. The number of hydrogen-bond donors (Lipinski definition) is 1. The Labute approximate surface area is 128 Å². The highest BCUT2D eigenvalue weighted by atomic mass is 79.9. The van der Waals surface area contributed by atoms with Crippen molar-refractivity contribution in [2.45, 2.75) is 19.3 Å². The molecule has 0 saturated heterocycles. The summed E-state index contributed by atoms with van der Waals surface area (Å²) in [6, 6.07) is 15.1. The molecule has 0 aliphatic rings. The van der Waals surface area contributed by atoms with Gasteiger partial charge in [0.05, 0.1) is 0 Å². The van der Waals surface area contributed by atoms with Gasteiger partial charge in [-0.1, -0.05) is 53.2 Å². The highest BCUT2D eigenvalue weighted by molar-refractivity contribution is 9.10. The molecule has 0 amide bonds. The second-order valence-electron chi connectivity index (χ2n) is 4.85. The van der Waals surface area contributed by atoms with Gasteiger partial charge in [-0.2, -0.15) is 0 Å². The molecule has 1 unspecified atom stereocenters. The van der Waals surface area contributed by atoms with Crippen LogP contribution in [-0.2, 0) is 6.42 Å². The van der Waals surface area contributed by atoms with Gasteiger partial charge in [0.15, 0.2) is 0 Å². The third kappa shape index (κ3) is 4.15. The molecule has 1 N–H and O–H groups in total. The van der Waals surface area contributed by atoms with Gasteiger partial charge >= 0.3 is 0 Å². The molecule has 1 atom stereocenters. The van der Waals surface area contributed by atoms with Crippen LogP contribution in [-0.4, -0.2) is 13.1 Å². The number of benzene rings is 2. The topological polar surface area (TPSA) is 12.0 Å². The van der Waals surface area contributed by atoms with Gasteiger partial charge in [-0.25, -0.2) is 4.39 Å². The summed E-state index contributed by atoms with van der Waals surface area (Å²) < 4.78 is 14.2. The Balaban J connectivity index is 2.19. The van der Waals surface area contributed by atoms with Crippen LogP contribution < -0.4 is 5.32 Å². The summed E-state index contributed by atoms with van der Waals surface area (Å²) in [5, 5.41) is 3.39. The van der Waals surface area contributed by atoms with Crippen molar-refractivity contribution < 1.29 is 4.39 Å². The molecule has 0 aliphatic heterocycles. The second kappa shape index (κ2) is 7.55. The Morgan fingerprint density at radius 2 is 1.80 bits per heavy atom. The normalized spacial score (nSPS) is 12.3. The van der Waals surface area contributed by atoms with E-state index in [2.05, 4.69) is 46.4 Å². The first-order valence-corrected chi connectivity index (χ1v) is 7.69. The minimum atomic E-state index is -0.183. The molecule has 0 saturated carbocycles. The maximum atomic E-state index is 13.1. The van der Waals surface area contributed by atoms with E-state index < -0.39 is 0 Å². The summed E-state index contributed by atoms with van der Waals surface area (Å²) in [6.45, 7) is 3.93. The smallest absolute Gasteiger partial charge is 0.123 e. The van der Waals surface area contributed by atoms with Gasteiger partial charge < -0.3 is 5.32 Å². The molecule has 20 heavy (non-hydrogen) atoms. The van der Waals surface area contributed by atoms with Crippen LogP contribution in [0.25, 0.3) is 0 Å². The summed E-state index contributed by atoms with van der Waals surface area (Å²) in [7, 11) is 0. The zero-order chi connectivity index (χ0) is 14.4. The van der Waals surface area contributed by atoms with Crippen LogP contribution >= 0.6 is 15.9 Å². The first-order valence-electron chi connectivity index (χ1n) is 6.90. The van der Waals surface area contributed by atoms with Gasteiger partial charge in [-0.15, -0.1) is 0 Å². The predicted molar refractivity (Wildman–Crippen MR) is 85.5 cm³/mol. The molecule has 2 aromatic rings. The van der Waals surface area contributed by atoms with Crippen molar-refractivity contribution in [2.24, 2.45) is 0 Å². The van der Waals surface area contributed by atoms with Crippen molar-refractivity contribution in [3.63, 3.8) is 0 Å². The van der Waals surface area contributed by atoms with Gasteiger partial charge in [-0.3, -0.25) is 0 Å². The lowest BCUT2D eigenvalue weighted by atomic mass is 9.92. The zero-order valence-corrected chi connectivity index (χ0v) is 13.2. The number of nitrogens with one attached hydrogen (secondary N) is 1. The van der Waals surface area contributed by atoms with Gasteiger partial charge in [0.1, 0.15) is 5.82 Å². The van der Waals surface area contributed by atoms with Crippen LogP contribution in [0, 0.1) is 5.82 Å². The van der Waals surface area contributed by atoms with E-state index in [1.807, 2.05) is 18.2 Å². The molecule has 2 aromatic carbocycles. The fraction of sp³-hybridized carbons (Fsp3) is 0.294. The van der Waals surface area contributed by atoms with Crippen molar-refractivity contribution in [2.75, 3.05) is 13.1 Å². The molecule has 2 rings (SSSR count). The summed E-state index contributed by atoms with van der Waals surface area (Å²) in [6.07, 6.45) is 0.931. The van der Waals surface area contributed by atoms with Gasteiger partial charge in [0.25, 0.3) is 0 Å². The average molecular weight is 336 g/mol. The van der Waals surface area contributed by atoms with E-state index in [-0.39, 0.29) is 5.82 Å². The molecule has 0 aromatic heterocycles. The van der Waals surface area contributed by atoms with E-state index in [0.717, 1.165) is 24.0 Å². The maximum Gasteiger partial charge on any atom is 0.123 e. The minimum absolute atomic E-state index is 0.183. The van der Waals surface area contributed by atoms with Crippen LogP contribution in [0.5, 0.6) is 0 Å². The average Bonchev–Trinajstić information content (AvgIpc) is 2.46. The van der Waals surface area contributed by atoms with Crippen molar-refractivity contribution >= 4 is 15.9 Å². The van der Waals surface area contributed by atoms with Crippen LogP contribution in [0.3, 0.4) is 0 Å². The Bertz CT molecular complexity index is 539. The Hall–Kier alpha value is -1.19. The summed E-state index contributed by atoms with van der Waals surface area (Å²) in [4.78, 5) is 0. The first kappa shape index (κ1) is 15.2. The Kier molecular flexibility index (Phi) is 5.74. The van der Waals surface area contributed by atoms with Crippen LogP contribution in [0.15, 0.2) is 53.0 Å². The third-order valence-electron chi connectivity index (χ3n) is 3.41. The molecule has 3 heteroatoms. The lowest BCUT2D eigenvalue weighted by Gasteiger charge is -2.19. The van der Waals surface area contributed by atoms with Crippen molar-refractivity contribution in [3.8, 4) is 0 Å². The molecule has 106 valence electrons. The molecule has 0 radical (unpaired) electrons. The molecular weight excluding hydrogens is 317 g/mol. The fourth-order valence-electron chi connectivity index (χ4n) is 2.29. The standard InChI is InChI=1S/C17H19BrFN/c1-2-20-12-15(13-7-9-16(19)10-8-13)11-14-5-3-4-6-17(14)18/h3-10,15,20H,2,11-12H2,1H3. The van der Waals surface area contributed by atoms with Gasteiger partial charge in [0.2, 0.25) is 0 Å². The summed E-state index contributed by atoms with van der Waals surface area (Å²) in [5.74, 6) is 0.158. The SMILES string of the molecule is CCNCC(Cc1ccccc1Br)c1ccc(F)cc1.